The van der Waals surface area contributed by atoms with Gasteiger partial charge in [-0.1, -0.05) is 49.4 Å². The van der Waals surface area contributed by atoms with Crippen molar-refractivity contribution in [3.05, 3.63) is 71.3 Å². The zero-order valence-corrected chi connectivity index (χ0v) is 14.9. The summed E-state index contributed by atoms with van der Waals surface area (Å²) in [5.41, 5.74) is 3.27. The summed E-state index contributed by atoms with van der Waals surface area (Å²) in [6.07, 6.45) is 1.01. The topological polar surface area (TPSA) is 65.5 Å². The Labute approximate surface area is 149 Å². The monoisotopic (exact) mass is 338 g/mol. The van der Waals surface area contributed by atoms with Crippen molar-refractivity contribution in [1.82, 2.24) is 16.0 Å². The maximum atomic E-state index is 12.0. The van der Waals surface area contributed by atoms with E-state index in [0.717, 1.165) is 18.9 Å². The van der Waals surface area contributed by atoms with Crippen molar-refractivity contribution in [2.24, 2.45) is 4.99 Å². The van der Waals surface area contributed by atoms with Crippen molar-refractivity contribution < 1.29 is 4.79 Å². The summed E-state index contributed by atoms with van der Waals surface area (Å²) >= 11 is 0. The fraction of sp³-hybridized carbons (Fsp3) is 0.300. The van der Waals surface area contributed by atoms with Gasteiger partial charge in [-0.3, -0.25) is 9.79 Å². The van der Waals surface area contributed by atoms with E-state index in [1.54, 1.807) is 19.2 Å². The number of aliphatic imine (C=N–C) groups is 1. The quantitative estimate of drug-likeness (QED) is 0.412. The summed E-state index contributed by atoms with van der Waals surface area (Å²) in [6, 6.07) is 17.6. The van der Waals surface area contributed by atoms with Gasteiger partial charge in [-0.2, -0.15) is 0 Å². The molecule has 0 saturated heterocycles. The number of hydrogen-bond acceptors (Lipinski definition) is 2. The minimum absolute atomic E-state index is 0.0674. The molecule has 0 heterocycles. The molecule has 0 saturated carbocycles. The largest absolute Gasteiger partial charge is 0.355 e. The normalized spacial score (nSPS) is 11.0. The minimum atomic E-state index is -0.0674. The highest BCUT2D eigenvalue weighted by atomic mass is 16.1. The van der Waals surface area contributed by atoms with Crippen molar-refractivity contribution in [2.75, 3.05) is 20.1 Å². The number of nitrogens with zero attached hydrogens (tertiary/aromatic N) is 1. The van der Waals surface area contributed by atoms with E-state index in [1.807, 2.05) is 24.3 Å². The van der Waals surface area contributed by atoms with Crippen LogP contribution in [-0.2, 0) is 13.0 Å². The number of guanidine groups is 1. The highest BCUT2D eigenvalue weighted by Crippen LogP contribution is 2.08. The van der Waals surface area contributed by atoms with E-state index in [4.69, 9.17) is 0 Å². The molecule has 5 nitrogen and oxygen atoms in total. The van der Waals surface area contributed by atoms with Gasteiger partial charge in [0, 0.05) is 32.2 Å². The van der Waals surface area contributed by atoms with E-state index in [2.05, 4.69) is 46.1 Å². The fourth-order valence-electron chi connectivity index (χ4n) is 2.52. The summed E-state index contributed by atoms with van der Waals surface area (Å²) in [5, 5.41) is 9.40. The lowest BCUT2D eigenvalue weighted by Crippen LogP contribution is -2.41. The van der Waals surface area contributed by atoms with Gasteiger partial charge < -0.3 is 16.0 Å². The molecule has 2 rings (SSSR count). The Bertz CT molecular complexity index is 698. The van der Waals surface area contributed by atoms with Crippen molar-refractivity contribution in [3.63, 3.8) is 0 Å². The second-order valence-electron chi connectivity index (χ2n) is 5.60. The SMILES string of the molecule is CCc1ccccc1CNC(=NC)NCCNC(=O)c1ccccc1. The summed E-state index contributed by atoms with van der Waals surface area (Å²) in [7, 11) is 1.74. The van der Waals surface area contributed by atoms with E-state index in [9.17, 15) is 4.79 Å². The Kier molecular flexibility index (Phi) is 7.50. The van der Waals surface area contributed by atoms with Crippen LogP contribution in [0.4, 0.5) is 0 Å². The van der Waals surface area contributed by atoms with E-state index >= 15 is 0 Å². The van der Waals surface area contributed by atoms with Crippen LogP contribution in [-0.4, -0.2) is 32.0 Å². The van der Waals surface area contributed by atoms with Crippen LogP contribution < -0.4 is 16.0 Å². The van der Waals surface area contributed by atoms with Gasteiger partial charge in [0.15, 0.2) is 5.96 Å². The number of rotatable bonds is 7. The molecule has 0 spiro atoms. The molecule has 1 amide bonds. The van der Waals surface area contributed by atoms with Crippen LogP contribution >= 0.6 is 0 Å². The number of hydrogen-bond donors (Lipinski definition) is 3. The average molecular weight is 338 g/mol. The number of aryl methyl sites for hydroxylation is 1. The van der Waals surface area contributed by atoms with Crippen molar-refractivity contribution in [2.45, 2.75) is 19.9 Å². The Morgan fingerprint density at radius 3 is 2.20 bits per heavy atom. The maximum Gasteiger partial charge on any atom is 0.251 e. The molecule has 3 N–H and O–H groups in total. The van der Waals surface area contributed by atoms with Crippen LogP contribution in [0.3, 0.4) is 0 Å². The van der Waals surface area contributed by atoms with Gasteiger partial charge in [0.2, 0.25) is 0 Å². The Morgan fingerprint density at radius 2 is 1.52 bits per heavy atom. The molecule has 0 radical (unpaired) electrons. The van der Waals surface area contributed by atoms with Crippen molar-refractivity contribution in [3.8, 4) is 0 Å². The van der Waals surface area contributed by atoms with Gasteiger partial charge in [0.05, 0.1) is 0 Å². The summed E-state index contributed by atoms with van der Waals surface area (Å²) in [6.45, 7) is 4.01. The Morgan fingerprint density at radius 1 is 0.880 bits per heavy atom. The zero-order valence-electron chi connectivity index (χ0n) is 14.9. The lowest BCUT2D eigenvalue weighted by atomic mass is 10.1. The Hall–Kier alpha value is -2.82. The molecular formula is C20H26N4O. The maximum absolute atomic E-state index is 12.0. The molecule has 0 aliphatic heterocycles. The number of amides is 1. The smallest absolute Gasteiger partial charge is 0.251 e. The van der Waals surface area contributed by atoms with Crippen LogP contribution in [0.1, 0.15) is 28.4 Å². The van der Waals surface area contributed by atoms with Crippen LogP contribution in [0.5, 0.6) is 0 Å². The third kappa shape index (κ3) is 5.95. The number of carbonyl (C=O) groups excluding carboxylic acids is 1. The number of nitrogens with one attached hydrogen (secondary N) is 3. The predicted octanol–water partition coefficient (Wildman–Crippen LogP) is 2.34. The summed E-state index contributed by atoms with van der Waals surface area (Å²) < 4.78 is 0. The molecule has 0 aromatic heterocycles. The molecule has 0 unspecified atom stereocenters. The van der Waals surface area contributed by atoms with Crippen LogP contribution in [0.25, 0.3) is 0 Å². The van der Waals surface area contributed by atoms with E-state index in [-0.39, 0.29) is 5.91 Å². The van der Waals surface area contributed by atoms with Gasteiger partial charge in [-0.15, -0.1) is 0 Å². The van der Waals surface area contributed by atoms with Crippen molar-refractivity contribution in [1.29, 1.82) is 0 Å². The first kappa shape index (κ1) is 18.5. The van der Waals surface area contributed by atoms with E-state index < -0.39 is 0 Å². The van der Waals surface area contributed by atoms with Crippen LogP contribution in [0.15, 0.2) is 59.6 Å². The molecule has 2 aromatic rings. The molecule has 0 bridgehead atoms. The highest BCUT2D eigenvalue weighted by Gasteiger charge is 2.04. The lowest BCUT2D eigenvalue weighted by molar-refractivity contribution is 0.0954. The highest BCUT2D eigenvalue weighted by molar-refractivity contribution is 5.94. The second kappa shape index (κ2) is 10.1. The van der Waals surface area contributed by atoms with Crippen molar-refractivity contribution >= 4 is 11.9 Å². The second-order valence-corrected chi connectivity index (χ2v) is 5.60. The zero-order chi connectivity index (χ0) is 17.9. The minimum Gasteiger partial charge on any atom is -0.355 e. The Balaban J connectivity index is 1.73. The molecule has 132 valence electrons. The molecule has 2 aromatic carbocycles. The molecular weight excluding hydrogens is 312 g/mol. The third-order valence-electron chi connectivity index (χ3n) is 3.91. The van der Waals surface area contributed by atoms with Gasteiger partial charge in [0.1, 0.15) is 0 Å². The molecule has 0 aliphatic carbocycles. The molecule has 0 atom stereocenters. The summed E-state index contributed by atoms with van der Waals surface area (Å²) in [4.78, 5) is 16.2. The standard InChI is InChI=1S/C20H26N4O/c1-3-16-9-7-8-12-18(16)15-24-20(21-2)23-14-13-22-19(25)17-10-5-4-6-11-17/h4-12H,3,13-15H2,1-2H3,(H,22,25)(H2,21,23,24). The van der Waals surface area contributed by atoms with Gasteiger partial charge in [0.25, 0.3) is 5.91 Å². The fourth-order valence-corrected chi connectivity index (χ4v) is 2.52. The van der Waals surface area contributed by atoms with E-state index in [1.165, 1.54) is 11.1 Å². The summed E-state index contributed by atoms with van der Waals surface area (Å²) in [5.74, 6) is 0.655. The molecule has 25 heavy (non-hydrogen) atoms. The average Bonchev–Trinajstić information content (AvgIpc) is 2.68. The van der Waals surface area contributed by atoms with Gasteiger partial charge in [-0.25, -0.2) is 0 Å². The van der Waals surface area contributed by atoms with Gasteiger partial charge in [-0.05, 0) is 29.7 Å². The van der Waals surface area contributed by atoms with Crippen LogP contribution in [0, 0.1) is 0 Å². The first-order chi connectivity index (χ1) is 12.2. The number of carbonyl (C=O) groups is 1. The first-order valence-electron chi connectivity index (χ1n) is 8.59. The van der Waals surface area contributed by atoms with Crippen LogP contribution in [0.2, 0.25) is 0 Å². The molecule has 0 aliphatic rings. The molecule has 5 heteroatoms. The number of benzene rings is 2. The first-order valence-corrected chi connectivity index (χ1v) is 8.59. The molecule has 0 fully saturated rings. The van der Waals surface area contributed by atoms with Gasteiger partial charge >= 0.3 is 0 Å². The van der Waals surface area contributed by atoms with E-state index in [0.29, 0.717) is 18.7 Å². The lowest BCUT2D eigenvalue weighted by Gasteiger charge is -2.14. The predicted molar refractivity (Wildman–Crippen MR) is 103 cm³/mol. The third-order valence-corrected chi connectivity index (χ3v) is 3.91.